The molecule has 0 spiro atoms. The second kappa shape index (κ2) is 11.9. The van der Waals surface area contributed by atoms with Crippen LogP contribution in [0.2, 0.25) is 0 Å². The fourth-order valence-electron chi connectivity index (χ4n) is 3.00. The first-order chi connectivity index (χ1) is 14.4. The molecule has 2 rings (SSSR count). The Bertz CT molecular complexity index is 862. The van der Waals surface area contributed by atoms with Gasteiger partial charge < -0.3 is 20.3 Å². The van der Waals surface area contributed by atoms with Crippen molar-refractivity contribution in [3.05, 3.63) is 64.7 Å². The highest BCUT2D eigenvalue weighted by Crippen LogP contribution is 2.20. The lowest BCUT2D eigenvalue weighted by atomic mass is 10.1. The molecule has 0 unspecified atom stereocenters. The van der Waals surface area contributed by atoms with Crippen LogP contribution in [0.1, 0.15) is 40.4 Å². The molecule has 0 saturated carbocycles. The fourth-order valence-corrected chi connectivity index (χ4v) is 3.00. The van der Waals surface area contributed by atoms with Crippen molar-refractivity contribution in [3.8, 4) is 5.75 Å². The molecule has 0 aliphatic carbocycles. The van der Waals surface area contributed by atoms with Crippen molar-refractivity contribution in [2.45, 2.75) is 33.2 Å². The van der Waals surface area contributed by atoms with E-state index in [-0.39, 0.29) is 5.91 Å². The van der Waals surface area contributed by atoms with Gasteiger partial charge in [0, 0.05) is 45.4 Å². The van der Waals surface area contributed by atoms with Crippen LogP contribution in [0.25, 0.3) is 0 Å². The molecule has 0 aromatic heterocycles. The van der Waals surface area contributed by atoms with Crippen molar-refractivity contribution in [3.63, 3.8) is 0 Å². The summed E-state index contributed by atoms with van der Waals surface area (Å²) < 4.78 is 5.89. The molecule has 6 heteroatoms. The predicted octanol–water partition coefficient (Wildman–Crippen LogP) is 3.39. The van der Waals surface area contributed by atoms with E-state index in [1.807, 2.05) is 24.3 Å². The average Bonchev–Trinajstić information content (AvgIpc) is 2.75. The van der Waals surface area contributed by atoms with Crippen molar-refractivity contribution in [1.82, 2.24) is 15.5 Å². The normalized spacial score (nSPS) is 11.2. The van der Waals surface area contributed by atoms with Gasteiger partial charge in [0.1, 0.15) is 5.75 Å². The molecule has 1 amide bonds. The van der Waals surface area contributed by atoms with Gasteiger partial charge in [-0.05, 0) is 49.1 Å². The average molecular weight is 411 g/mol. The van der Waals surface area contributed by atoms with Gasteiger partial charge in [0.25, 0.3) is 5.91 Å². The summed E-state index contributed by atoms with van der Waals surface area (Å²) in [7, 11) is 5.29. The zero-order valence-corrected chi connectivity index (χ0v) is 18.8. The van der Waals surface area contributed by atoms with E-state index in [1.54, 1.807) is 26.0 Å². The standard InChI is InChI=1S/C24H34N4O2/c1-6-14-30-22-15-18(2)10-11-21(22)17-27-24(25-3)26-13-12-19-8-7-9-20(16-19)23(29)28(4)5/h7-11,15-16H,6,12-14,17H2,1-5H3,(H2,25,26,27). The second-order valence-corrected chi connectivity index (χ2v) is 7.46. The van der Waals surface area contributed by atoms with Gasteiger partial charge in [-0.15, -0.1) is 0 Å². The highest BCUT2D eigenvalue weighted by atomic mass is 16.5. The van der Waals surface area contributed by atoms with E-state index in [0.29, 0.717) is 25.3 Å². The van der Waals surface area contributed by atoms with E-state index in [4.69, 9.17) is 4.74 Å². The van der Waals surface area contributed by atoms with Crippen molar-refractivity contribution >= 4 is 11.9 Å². The van der Waals surface area contributed by atoms with Crippen LogP contribution < -0.4 is 15.4 Å². The summed E-state index contributed by atoms with van der Waals surface area (Å²) in [6.07, 6.45) is 1.77. The summed E-state index contributed by atoms with van der Waals surface area (Å²) in [6, 6.07) is 14.0. The zero-order valence-electron chi connectivity index (χ0n) is 18.8. The minimum atomic E-state index is 0.0153. The van der Waals surface area contributed by atoms with E-state index in [1.165, 1.54) is 5.56 Å². The number of benzene rings is 2. The molecule has 0 atom stereocenters. The molecule has 0 heterocycles. The summed E-state index contributed by atoms with van der Waals surface area (Å²) in [5.41, 5.74) is 4.10. The molecule has 0 radical (unpaired) electrons. The lowest BCUT2D eigenvalue weighted by Gasteiger charge is -2.15. The molecule has 2 N–H and O–H groups in total. The third kappa shape index (κ3) is 7.10. The maximum atomic E-state index is 12.1. The van der Waals surface area contributed by atoms with Crippen LogP contribution >= 0.6 is 0 Å². The van der Waals surface area contributed by atoms with Crippen molar-refractivity contribution in [1.29, 1.82) is 0 Å². The lowest BCUT2D eigenvalue weighted by Crippen LogP contribution is -2.38. The molecule has 6 nitrogen and oxygen atoms in total. The first-order valence-corrected chi connectivity index (χ1v) is 10.4. The van der Waals surface area contributed by atoms with Crippen molar-refractivity contribution < 1.29 is 9.53 Å². The molecule has 162 valence electrons. The van der Waals surface area contributed by atoms with Crippen molar-refractivity contribution in [2.75, 3.05) is 34.3 Å². The van der Waals surface area contributed by atoms with Gasteiger partial charge in [-0.1, -0.05) is 31.2 Å². The summed E-state index contributed by atoms with van der Waals surface area (Å²) in [6.45, 7) is 6.22. The van der Waals surface area contributed by atoms with Crippen LogP contribution in [0.5, 0.6) is 5.75 Å². The van der Waals surface area contributed by atoms with Gasteiger partial charge in [0.05, 0.1) is 6.61 Å². The summed E-state index contributed by atoms with van der Waals surface area (Å²) in [5, 5.41) is 6.69. The van der Waals surface area contributed by atoms with E-state index < -0.39 is 0 Å². The number of nitrogens with zero attached hydrogens (tertiary/aromatic N) is 2. The fraction of sp³-hybridized carbons (Fsp3) is 0.417. The zero-order chi connectivity index (χ0) is 21.9. The third-order valence-electron chi connectivity index (χ3n) is 4.64. The molecule has 0 aliphatic rings. The van der Waals surface area contributed by atoms with E-state index in [2.05, 4.69) is 47.7 Å². The largest absolute Gasteiger partial charge is 0.493 e. The van der Waals surface area contributed by atoms with E-state index >= 15 is 0 Å². The van der Waals surface area contributed by atoms with Gasteiger partial charge in [-0.25, -0.2) is 0 Å². The Morgan fingerprint density at radius 2 is 1.93 bits per heavy atom. The Labute approximate surface area is 180 Å². The minimum absolute atomic E-state index is 0.0153. The highest BCUT2D eigenvalue weighted by molar-refractivity contribution is 5.94. The van der Waals surface area contributed by atoms with Gasteiger partial charge in [-0.3, -0.25) is 9.79 Å². The Hall–Kier alpha value is -3.02. The van der Waals surface area contributed by atoms with Gasteiger partial charge in [0.2, 0.25) is 0 Å². The number of amides is 1. The Morgan fingerprint density at radius 1 is 1.13 bits per heavy atom. The van der Waals surface area contributed by atoms with Crippen LogP contribution in [-0.4, -0.2) is 51.1 Å². The Kier molecular flexibility index (Phi) is 9.19. The maximum absolute atomic E-state index is 12.1. The number of nitrogens with one attached hydrogen (secondary N) is 2. The maximum Gasteiger partial charge on any atom is 0.253 e. The summed E-state index contributed by atoms with van der Waals surface area (Å²) in [5.74, 6) is 1.67. The topological polar surface area (TPSA) is 66.0 Å². The summed E-state index contributed by atoms with van der Waals surface area (Å²) >= 11 is 0. The number of carbonyl (C=O) groups excluding carboxylic acids is 1. The van der Waals surface area contributed by atoms with Gasteiger partial charge in [0.15, 0.2) is 5.96 Å². The lowest BCUT2D eigenvalue weighted by molar-refractivity contribution is 0.0827. The van der Waals surface area contributed by atoms with E-state index in [9.17, 15) is 4.79 Å². The number of aryl methyl sites for hydroxylation is 1. The molecular weight excluding hydrogens is 376 g/mol. The molecule has 0 saturated heterocycles. The second-order valence-electron chi connectivity index (χ2n) is 7.46. The molecule has 0 aliphatic heterocycles. The third-order valence-corrected chi connectivity index (χ3v) is 4.64. The number of ether oxygens (including phenoxy) is 1. The number of hydrogen-bond acceptors (Lipinski definition) is 3. The predicted molar refractivity (Wildman–Crippen MR) is 123 cm³/mol. The van der Waals surface area contributed by atoms with E-state index in [0.717, 1.165) is 35.7 Å². The quantitative estimate of drug-likeness (QED) is 0.491. The highest BCUT2D eigenvalue weighted by Gasteiger charge is 2.09. The number of aliphatic imine (C=N–C) groups is 1. The SMILES string of the molecule is CCCOc1cc(C)ccc1CNC(=NC)NCCc1cccc(C(=O)N(C)C)c1. The molecule has 0 fully saturated rings. The molecule has 0 bridgehead atoms. The van der Waals surface area contributed by atoms with Crippen LogP contribution in [0.15, 0.2) is 47.5 Å². The number of hydrogen-bond donors (Lipinski definition) is 2. The monoisotopic (exact) mass is 410 g/mol. The van der Waals surface area contributed by atoms with Gasteiger partial charge in [-0.2, -0.15) is 0 Å². The van der Waals surface area contributed by atoms with Crippen LogP contribution in [0.3, 0.4) is 0 Å². The van der Waals surface area contributed by atoms with Gasteiger partial charge >= 0.3 is 0 Å². The summed E-state index contributed by atoms with van der Waals surface area (Å²) in [4.78, 5) is 18.0. The van der Waals surface area contributed by atoms with Crippen molar-refractivity contribution in [2.24, 2.45) is 4.99 Å². The first-order valence-electron chi connectivity index (χ1n) is 10.4. The minimum Gasteiger partial charge on any atom is -0.493 e. The Morgan fingerprint density at radius 3 is 2.63 bits per heavy atom. The number of guanidine groups is 1. The Balaban J connectivity index is 1.89. The van der Waals surface area contributed by atoms with Crippen LogP contribution in [0, 0.1) is 6.92 Å². The molecule has 2 aromatic rings. The molecular formula is C24H34N4O2. The van der Waals surface area contributed by atoms with Crippen LogP contribution in [-0.2, 0) is 13.0 Å². The molecule has 30 heavy (non-hydrogen) atoms. The van der Waals surface area contributed by atoms with Crippen LogP contribution in [0.4, 0.5) is 0 Å². The number of carbonyl (C=O) groups is 1. The molecule has 2 aromatic carbocycles. The number of rotatable bonds is 9. The smallest absolute Gasteiger partial charge is 0.253 e. The first kappa shape index (κ1) is 23.3.